The Morgan fingerprint density at radius 1 is 0.254 bits per heavy atom. The number of hydrogen-bond acceptors (Lipinski definition) is 3. The van der Waals surface area contributed by atoms with Crippen molar-refractivity contribution >= 4 is 66.4 Å². The Labute approximate surface area is 367 Å². The molecule has 296 valence electrons. The van der Waals surface area contributed by atoms with Gasteiger partial charge in [0.1, 0.15) is 0 Å². The third-order valence-electron chi connectivity index (χ3n) is 12.4. The van der Waals surface area contributed by atoms with Gasteiger partial charge in [0.15, 0.2) is 11.5 Å². The minimum atomic E-state index is 0.808. The molecule has 0 atom stereocenters. The normalized spacial score (nSPS) is 11.6. The lowest BCUT2D eigenvalue weighted by molar-refractivity contribution is 0.489. The predicted molar refractivity (Wildman–Crippen MR) is 265 cm³/mol. The fraction of sp³-hybridized carbons (Fsp3) is 0. The Hall–Kier alpha value is -8.40. The second kappa shape index (κ2) is 15.3. The zero-order valence-corrected chi connectivity index (χ0v) is 34.4. The molecule has 0 amide bonds. The maximum absolute atomic E-state index is 7.59. The Bertz CT molecular complexity index is 3460. The first-order valence-electron chi connectivity index (χ1n) is 21.5. The molecule has 0 saturated heterocycles. The third-order valence-corrected chi connectivity index (χ3v) is 12.4. The Morgan fingerprint density at radius 3 is 1.24 bits per heavy atom. The fourth-order valence-corrected chi connectivity index (χ4v) is 9.45. The topological polar surface area (TPSA) is 15.7 Å². The van der Waals surface area contributed by atoms with Gasteiger partial charge in [-0.1, -0.05) is 194 Å². The summed E-state index contributed by atoms with van der Waals surface area (Å²) in [6, 6.07) is 86.9. The molecule has 11 aromatic carbocycles. The van der Waals surface area contributed by atoms with Crippen molar-refractivity contribution in [2.24, 2.45) is 0 Å². The molecule has 0 aliphatic carbocycles. The smallest absolute Gasteiger partial charge is 0.160 e. The lowest BCUT2D eigenvalue weighted by Gasteiger charge is -2.34. The summed E-state index contributed by atoms with van der Waals surface area (Å²) in [5.41, 5.74) is 13.0. The van der Waals surface area contributed by atoms with Gasteiger partial charge in [-0.3, -0.25) is 0 Å². The molecule has 0 fully saturated rings. The van der Waals surface area contributed by atoms with E-state index in [0.717, 1.165) is 78.3 Å². The van der Waals surface area contributed by atoms with Crippen LogP contribution in [0.3, 0.4) is 0 Å². The van der Waals surface area contributed by atoms with E-state index in [2.05, 4.69) is 252 Å². The molecule has 0 bridgehead atoms. The third kappa shape index (κ3) is 6.29. The minimum Gasteiger partial charge on any atom is -0.452 e. The van der Waals surface area contributed by atoms with Gasteiger partial charge in [0, 0.05) is 33.1 Å². The second-order valence-corrected chi connectivity index (χ2v) is 16.1. The van der Waals surface area contributed by atoms with E-state index >= 15 is 0 Å². The summed E-state index contributed by atoms with van der Waals surface area (Å²) in [6.45, 7) is 0. The number of anilines is 6. The second-order valence-electron chi connectivity index (χ2n) is 16.1. The molecule has 0 N–H and O–H groups in total. The highest BCUT2D eigenvalue weighted by Crippen LogP contribution is 2.57. The summed E-state index contributed by atoms with van der Waals surface area (Å²) in [7, 11) is 0. The standard InChI is InChI=1S/C60H40N2O/c1-3-15-41(16-4-1)43-31-36-48(37-32-43)61(54-28-12-21-45-19-7-9-24-50(45)54)56-30-14-27-53-52-26-11-23-47-35-40-57(60(58(47)52)63-59(53)56)62(55-29-13-22-46-20-8-10-25-51(46)55)49-38-33-44(34-39-49)42-17-5-2-6-18-42/h1-40H. The van der Waals surface area contributed by atoms with Crippen molar-refractivity contribution in [1.29, 1.82) is 0 Å². The summed E-state index contributed by atoms with van der Waals surface area (Å²) < 4.78 is 7.59. The van der Waals surface area contributed by atoms with Crippen molar-refractivity contribution in [3.8, 4) is 44.9 Å². The van der Waals surface area contributed by atoms with Crippen molar-refractivity contribution < 1.29 is 4.74 Å². The van der Waals surface area contributed by atoms with Crippen molar-refractivity contribution in [1.82, 2.24) is 0 Å². The fourth-order valence-electron chi connectivity index (χ4n) is 9.45. The van der Waals surface area contributed by atoms with E-state index < -0.39 is 0 Å². The Morgan fingerprint density at radius 2 is 0.667 bits per heavy atom. The van der Waals surface area contributed by atoms with Gasteiger partial charge in [0.05, 0.1) is 22.7 Å². The number of benzene rings is 11. The molecule has 63 heavy (non-hydrogen) atoms. The highest BCUT2D eigenvalue weighted by atomic mass is 16.5. The SMILES string of the molecule is c1ccc(-c2ccc(N(c3cccc4c3Oc3c(N(c5ccc(-c6ccccc6)cc5)c5cccc6ccccc56)ccc5cccc-4c35)c3cccc4ccccc34)cc2)cc1. The van der Waals surface area contributed by atoms with Crippen LogP contribution >= 0.6 is 0 Å². The largest absolute Gasteiger partial charge is 0.452 e. The highest BCUT2D eigenvalue weighted by Gasteiger charge is 2.31. The summed E-state index contributed by atoms with van der Waals surface area (Å²) in [6.07, 6.45) is 0. The van der Waals surface area contributed by atoms with E-state index in [1.807, 2.05) is 0 Å². The molecular weight excluding hydrogens is 765 g/mol. The lowest BCUT2D eigenvalue weighted by atomic mass is 9.92. The van der Waals surface area contributed by atoms with Gasteiger partial charge in [0.25, 0.3) is 0 Å². The molecule has 0 radical (unpaired) electrons. The van der Waals surface area contributed by atoms with Crippen LogP contribution in [-0.4, -0.2) is 0 Å². The molecular formula is C60H40N2O. The molecule has 1 aliphatic rings. The first kappa shape index (κ1) is 36.5. The van der Waals surface area contributed by atoms with E-state index in [-0.39, 0.29) is 0 Å². The van der Waals surface area contributed by atoms with E-state index in [0.29, 0.717) is 0 Å². The average Bonchev–Trinajstić information content (AvgIpc) is 3.36. The first-order chi connectivity index (χ1) is 31.3. The van der Waals surface area contributed by atoms with Gasteiger partial charge >= 0.3 is 0 Å². The molecule has 0 aromatic heterocycles. The van der Waals surface area contributed by atoms with E-state index in [9.17, 15) is 0 Å². The van der Waals surface area contributed by atoms with Crippen molar-refractivity contribution in [3.05, 3.63) is 243 Å². The van der Waals surface area contributed by atoms with Crippen LogP contribution in [0.5, 0.6) is 11.5 Å². The van der Waals surface area contributed by atoms with Gasteiger partial charge in [0.2, 0.25) is 0 Å². The molecule has 3 nitrogen and oxygen atoms in total. The van der Waals surface area contributed by atoms with E-state index in [1.54, 1.807) is 0 Å². The number of fused-ring (bicyclic) bond motifs is 4. The van der Waals surface area contributed by atoms with Gasteiger partial charge in [-0.2, -0.15) is 0 Å². The number of para-hydroxylation sites is 1. The molecule has 11 aromatic rings. The van der Waals surface area contributed by atoms with Crippen LogP contribution < -0.4 is 14.5 Å². The van der Waals surface area contributed by atoms with Gasteiger partial charge in [-0.15, -0.1) is 0 Å². The molecule has 0 unspecified atom stereocenters. The monoisotopic (exact) mass is 804 g/mol. The summed E-state index contributed by atoms with van der Waals surface area (Å²) >= 11 is 0. The summed E-state index contributed by atoms with van der Waals surface area (Å²) in [5, 5.41) is 6.88. The van der Waals surface area contributed by atoms with Crippen LogP contribution in [-0.2, 0) is 0 Å². The van der Waals surface area contributed by atoms with Gasteiger partial charge in [-0.25, -0.2) is 0 Å². The maximum Gasteiger partial charge on any atom is 0.160 e. The van der Waals surface area contributed by atoms with E-state index in [1.165, 1.54) is 33.0 Å². The maximum atomic E-state index is 7.59. The predicted octanol–water partition coefficient (Wildman–Crippen LogP) is 17.2. The lowest BCUT2D eigenvalue weighted by Crippen LogP contribution is -2.15. The van der Waals surface area contributed by atoms with Crippen LogP contribution in [0.25, 0.3) is 65.7 Å². The Kier molecular flexibility index (Phi) is 8.83. The quantitative estimate of drug-likeness (QED) is 0.152. The molecule has 1 heterocycles. The van der Waals surface area contributed by atoms with Gasteiger partial charge < -0.3 is 14.5 Å². The highest BCUT2D eigenvalue weighted by molar-refractivity contribution is 6.11. The number of rotatable bonds is 8. The van der Waals surface area contributed by atoms with Crippen molar-refractivity contribution in [3.63, 3.8) is 0 Å². The summed E-state index contributed by atoms with van der Waals surface area (Å²) in [5.74, 6) is 1.63. The van der Waals surface area contributed by atoms with Crippen LogP contribution in [0.4, 0.5) is 34.1 Å². The van der Waals surface area contributed by atoms with Crippen LogP contribution in [0.1, 0.15) is 0 Å². The van der Waals surface area contributed by atoms with Crippen molar-refractivity contribution in [2.45, 2.75) is 0 Å². The van der Waals surface area contributed by atoms with Crippen molar-refractivity contribution in [2.75, 3.05) is 9.80 Å². The van der Waals surface area contributed by atoms with Crippen LogP contribution in [0, 0.1) is 0 Å². The van der Waals surface area contributed by atoms with Crippen LogP contribution in [0.2, 0.25) is 0 Å². The van der Waals surface area contributed by atoms with E-state index in [4.69, 9.17) is 4.74 Å². The molecule has 0 saturated carbocycles. The molecule has 0 spiro atoms. The minimum absolute atomic E-state index is 0.808. The zero-order valence-electron chi connectivity index (χ0n) is 34.4. The number of nitrogens with zero attached hydrogens (tertiary/aromatic N) is 2. The van der Waals surface area contributed by atoms with Gasteiger partial charge in [-0.05, 0) is 92.5 Å². The first-order valence-corrected chi connectivity index (χ1v) is 21.5. The molecule has 3 heteroatoms. The Balaban J connectivity index is 1.08. The number of hydrogen-bond donors (Lipinski definition) is 0. The van der Waals surface area contributed by atoms with Crippen LogP contribution in [0.15, 0.2) is 243 Å². The average molecular weight is 805 g/mol. The zero-order chi connectivity index (χ0) is 41.7. The number of ether oxygens (including phenoxy) is 1. The molecule has 1 aliphatic heterocycles. The molecule has 12 rings (SSSR count). The summed E-state index contributed by atoms with van der Waals surface area (Å²) in [4.78, 5) is 4.75.